The highest BCUT2D eigenvalue weighted by molar-refractivity contribution is 7.12. The first-order valence-electron chi connectivity index (χ1n) is 5.67. The van der Waals surface area contributed by atoms with Gasteiger partial charge in [-0.2, -0.15) is 0 Å². The van der Waals surface area contributed by atoms with Crippen LogP contribution in [-0.2, 0) is 4.74 Å². The average molecular weight is 225 g/mol. The molecule has 2 atom stereocenters. The zero-order chi connectivity index (χ0) is 10.7. The van der Waals surface area contributed by atoms with E-state index in [0.717, 1.165) is 13.2 Å². The summed E-state index contributed by atoms with van der Waals surface area (Å²) < 4.78 is 5.59. The fourth-order valence-electron chi connectivity index (χ4n) is 1.90. The summed E-state index contributed by atoms with van der Waals surface area (Å²) in [5.74, 6) is 0. The second-order valence-corrected chi connectivity index (χ2v) is 5.53. The fourth-order valence-corrected chi connectivity index (χ4v) is 2.80. The van der Waals surface area contributed by atoms with E-state index in [1.807, 2.05) is 11.3 Å². The lowest BCUT2D eigenvalue weighted by Gasteiger charge is -2.15. The topological polar surface area (TPSA) is 21.3 Å². The summed E-state index contributed by atoms with van der Waals surface area (Å²) in [6.07, 6.45) is 2.87. The summed E-state index contributed by atoms with van der Waals surface area (Å²) in [6.45, 7) is 6.30. The van der Waals surface area contributed by atoms with Crippen LogP contribution in [0.25, 0.3) is 0 Å². The first kappa shape index (κ1) is 11.1. The molecule has 1 aliphatic rings. The van der Waals surface area contributed by atoms with Gasteiger partial charge in [0, 0.05) is 28.9 Å². The molecule has 1 aliphatic heterocycles. The van der Waals surface area contributed by atoms with Crippen LogP contribution in [0.3, 0.4) is 0 Å². The van der Waals surface area contributed by atoms with Gasteiger partial charge in [-0.25, -0.2) is 0 Å². The third-order valence-corrected chi connectivity index (χ3v) is 4.05. The van der Waals surface area contributed by atoms with Gasteiger partial charge >= 0.3 is 0 Å². The van der Waals surface area contributed by atoms with Gasteiger partial charge in [-0.1, -0.05) is 0 Å². The quantitative estimate of drug-likeness (QED) is 0.850. The number of aryl methyl sites for hydroxylation is 1. The van der Waals surface area contributed by atoms with Gasteiger partial charge in [0.05, 0.1) is 6.10 Å². The summed E-state index contributed by atoms with van der Waals surface area (Å²) in [5.41, 5.74) is 0. The fraction of sp³-hybridized carbons (Fsp3) is 0.667. The number of rotatable bonds is 4. The Morgan fingerprint density at radius 3 is 3.07 bits per heavy atom. The minimum absolute atomic E-state index is 0.438. The van der Waals surface area contributed by atoms with Crippen molar-refractivity contribution in [3.05, 3.63) is 21.9 Å². The summed E-state index contributed by atoms with van der Waals surface area (Å²) in [4.78, 5) is 2.81. The summed E-state index contributed by atoms with van der Waals surface area (Å²) in [5, 5.41) is 3.54. The van der Waals surface area contributed by atoms with Crippen molar-refractivity contribution in [1.29, 1.82) is 0 Å². The molecule has 0 amide bonds. The van der Waals surface area contributed by atoms with E-state index in [2.05, 4.69) is 31.3 Å². The van der Waals surface area contributed by atoms with Crippen LogP contribution in [0.15, 0.2) is 12.1 Å². The molecule has 2 rings (SSSR count). The van der Waals surface area contributed by atoms with Crippen molar-refractivity contribution < 1.29 is 4.74 Å². The lowest BCUT2D eigenvalue weighted by atomic mass is 10.2. The molecule has 1 aromatic heterocycles. The average Bonchev–Trinajstić information content (AvgIpc) is 2.84. The van der Waals surface area contributed by atoms with E-state index in [1.54, 1.807) is 0 Å². The lowest BCUT2D eigenvalue weighted by molar-refractivity contribution is 0.108. The van der Waals surface area contributed by atoms with Gasteiger partial charge in [0.1, 0.15) is 0 Å². The number of ether oxygens (including phenoxy) is 1. The SMILES string of the molecule is Cc1ccc([C@H](C)NC[C@@H]2CCCO2)s1. The normalized spacial score (nSPS) is 23.2. The summed E-state index contributed by atoms with van der Waals surface area (Å²) in [6, 6.07) is 4.85. The van der Waals surface area contributed by atoms with Crippen molar-refractivity contribution in [3.8, 4) is 0 Å². The second-order valence-electron chi connectivity index (χ2n) is 4.21. The molecule has 15 heavy (non-hydrogen) atoms. The molecule has 0 radical (unpaired) electrons. The van der Waals surface area contributed by atoms with Gasteiger partial charge in [0.15, 0.2) is 0 Å². The van der Waals surface area contributed by atoms with Crippen molar-refractivity contribution in [2.45, 2.75) is 38.8 Å². The molecule has 2 heterocycles. The third-order valence-electron chi connectivity index (χ3n) is 2.86. The monoisotopic (exact) mass is 225 g/mol. The van der Waals surface area contributed by atoms with Crippen LogP contribution in [0.2, 0.25) is 0 Å². The maximum Gasteiger partial charge on any atom is 0.0700 e. The Balaban J connectivity index is 1.79. The van der Waals surface area contributed by atoms with Crippen molar-refractivity contribution >= 4 is 11.3 Å². The van der Waals surface area contributed by atoms with Gasteiger partial charge < -0.3 is 10.1 Å². The number of hydrogen-bond donors (Lipinski definition) is 1. The molecule has 0 spiro atoms. The van der Waals surface area contributed by atoms with E-state index in [1.165, 1.54) is 22.6 Å². The molecule has 1 N–H and O–H groups in total. The van der Waals surface area contributed by atoms with Gasteiger partial charge in [0.2, 0.25) is 0 Å². The number of nitrogens with one attached hydrogen (secondary N) is 1. The van der Waals surface area contributed by atoms with E-state index in [-0.39, 0.29) is 0 Å². The molecule has 0 unspecified atom stereocenters. The Labute approximate surface area is 95.6 Å². The predicted molar refractivity (Wildman–Crippen MR) is 64.4 cm³/mol. The van der Waals surface area contributed by atoms with Crippen molar-refractivity contribution in [2.24, 2.45) is 0 Å². The van der Waals surface area contributed by atoms with Gasteiger partial charge in [0.25, 0.3) is 0 Å². The second kappa shape index (κ2) is 5.10. The molecular formula is C12H19NOS. The maximum absolute atomic E-state index is 5.59. The smallest absolute Gasteiger partial charge is 0.0700 e. The molecule has 2 nitrogen and oxygen atoms in total. The Bertz CT molecular complexity index is 304. The van der Waals surface area contributed by atoms with Gasteiger partial charge in [-0.3, -0.25) is 0 Å². The van der Waals surface area contributed by atoms with Crippen LogP contribution in [0, 0.1) is 6.92 Å². The van der Waals surface area contributed by atoms with Gasteiger partial charge in [-0.15, -0.1) is 11.3 Å². The number of hydrogen-bond acceptors (Lipinski definition) is 3. The molecular weight excluding hydrogens is 206 g/mol. The third kappa shape index (κ3) is 3.03. The van der Waals surface area contributed by atoms with Crippen molar-refractivity contribution in [1.82, 2.24) is 5.32 Å². The maximum atomic E-state index is 5.59. The lowest BCUT2D eigenvalue weighted by Crippen LogP contribution is -2.28. The predicted octanol–water partition coefficient (Wildman–Crippen LogP) is 2.89. The van der Waals surface area contributed by atoms with Crippen LogP contribution >= 0.6 is 11.3 Å². The molecule has 0 aliphatic carbocycles. The van der Waals surface area contributed by atoms with Crippen molar-refractivity contribution in [3.63, 3.8) is 0 Å². The summed E-state index contributed by atoms with van der Waals surface area (Å²) >= 11 is 1.88. The molecule has 0 aromatic carbocycles. The molecule has 0 bridgehead atoms. The zero-order valence-corrected chi connectivity index (χ0v) is 10.3. The standard InChI is InChI=1S/C12H19NOS/c1-9-5-6-12(15-9)10(2)13-8-11-4-3-7-14-11/h5-6,10-11,13H,3-4,7-8H2,1-2H3/t10-,11-/m0/s1. The Morgan fingerprint density at radius 2 is 2.47 bits per heavy atom. The molecule has 1 saturated heterocycles. The van der Waals surface area contributed by atoms with Crippen LogP contribution < -0.4 is 5.32 Å². The van der Waals surface area contributed by atoms with E-state index in [9.17, 15) is 0 Å². The Hall–Kier alpha value is -0.380. The molecule has 0 saturated carbocycles. The first-order valence-corrected chi connectivity index (χ1v) is 6.48. The van der Waals surface area contributed by atoms with E-state index in [0.29, 0.717) is 12.1 Å². The molecule has 3 heteroatoms. The minimum atomic E-state index is 0.438. The van der Waals surface area contributed by atoms with Crippen molar-refractivity contribution in [2.75, 3.05) is 13.2 Å². The summed E-state index contributed by atoms with van der Waals surface area (Å²) in [7, 11) is 0. The highest BCUT2D eigenvalue weighted by Crippen LogP contribution is 2.22. The highest BCUT2D eigenvalue weighted by atomic mass is 32.1. The van der Waals surface area contributed by atoms with Crippen LogP contribution in [0.5, 0.6) is 0 Å². The largest absolute Gasteiger partial charge is 0.377 e. The van der Waals surface area contributed by atoms with E-state index in [4.69, 9.17) is 4.74 Å². The Morgan fingerprint density at radius 1 is 1.60 bits per heavy atom. The van der Waals surface area contributed by atoms with Crippen LogP contribution in [0.4, 0.5) is 0 Å². The molecule has 1 aromatic rings. The van der Waals surface area contributed by atoms with E-state index < -0.39 is 0 Å². The van der Waals surface area contributed by atoms with E-state index >= 15 is 0 Å². The van der Waals surface area contributed by atoms with Gasteiger partial charge in [-0.05, 0) is 38.8 Å². The van der Waals surface area contributed by atoms with Crippen LogP contribution in [0.1, 0.15) is 35.6 Å². The molecule has 84 valence electrons. The first-order chi connectivity index (χ1) is 7.25. The minimum Gasteiger partial charge on any atom is -0.377 e. The highest BCUT2D eigenvalue weighted by Gasteiger charge is 2.16. The zero-order valence-electron chi connectivity index (χ0n) is 9.45. The Kier molecular flexibility index (Phi) is 3.78. The molecule has 1 fully saturated rings. The number of thiophene rings is 1. The van der Waals surface area contributed by atoms with Crippen LogP contribution in [-0.4, -0.2) is 19.3 Å².